The number of rotatable bonds is 0. The third-order valence-electron chi connectivity index (χ3n) is 2.72. The number of hydrogen-bond donors (Lipinski definition) is 0. The van der Waals surface area contributed by atoms with Gasteiger partial charge in [0, 0.05) is 0 Å². The summed E-state index contributed by atoms with van der Waals surface area (Å²) < 4.78 is 36.7. The topological polar surface area (TPSA) is 0 Å². The minimum absolute atomic E-state index is 0.338. The Kier molecular flexibility index (Phi) is 3.02. The van der Waals surface area contributed by atoms with Gasteiger partial charge in [-0.25, -0.2) is 0 Å². The Labute approximate surface area is 71.1 Å². The average molecular weight is 180 g/mol. The third-order valence-corrected chi connectivity index (χ3v) is 2.72. The molecule has 0 heterocycles. The van der Waals surface area contributed by atoms with E-state index in [2.05, 4.69) is 0 Å². The summed E-state index contributed by atoms with van der Waals surface area (Å²) in [5.41, 5.74) is 0. The number of hydrogen-bond acceptors (Lipinski definition) is 0. The van der Waals surface area contributed by atoms with Crippen LogP contribution in [0.3, 0.4) is 0 Å². The zero-order valence-electron chi connectivity index (χ0n) is 7.32. The summed E-state index contributed by atoms with van der Waals surface area (Å²) in [6.45, 7) is 2.04. The fourth-order valence-corrected chi connectivity index (χ4v) is 1.81. The fourth-order valence-electron chi connectivity index (χ4n) is 1.81. The SMILES string of the molecule is CC1CCCC(C(F)(F)F)CC1. The van der Waals surface area contributed by atoms with E-state index >= 15 is 0 Å². The summed E-state index contributed by atoms with van der Waals surface area (Å²) in [5, 5.41) is 0. The maximum absolute atomic E-state index is 12.2. The molecular weight excluding hydrogens is 165 g/mol. The van der Waals surface area contributed by atoms with Crippen molar-refractivity contribution in [2.45, 2.75) is 45.2 Å². The van der Waals surface area contributed by atoms with E-state index in [1.54, 1.807) is 0 Å². The molecule has 1 rings (SSSR count). The van der Waals surface area contributed by atoms with Crippen LogP contribution in [0.2, 0.25) is 0 Å². The van der Waals surface area contributed by atoms with Crippen LogP contribution in [0.1, 0.15) is 39.0 Å². The lowest BCUT2D eigenvalue weighted by Gasteiger charge is -2.17. The smallest absolute Gasteiger partial charge is 0.171 e. The molecule has 2 unspecified atom stereocenters. The predicted molar refractivity (Wildman–Crippen MR) is 41.8 cm³/mol. The van der Waals surface area contributed by atoms with E-state index in [0.29, 0.717) is 18.8 Å². The van der Waals surface area contributed by atoms with Gasteiger partial charge in [-0.3, -0.25) is 0 Å². The van der Waals surface area contributed by atoms with Crippen molar-refractivity contribution in [3.8, 4) is 0 Å². The quantitative estimate of drug-likeness (QED) is 0.498. The van der Waals surface area contributed by atoms with Crippen molar-refractivity contribution in [3.05, 3.63) is 0 Å². The van der Waals surface area contributed by atoms with Crippen LogP contribution in [0.15, 0.2) is 0 Å². The van der Waals surface area contributed by atoms with Gasteiger partial charge in [0.2, 0.25) is 0 Å². The van der Waals surface area contributed by atoms with E-state index in [1.807, 2.05) is 6.92 Å². The maximum atomic E-state index is 12.2. The average Bonchev–Trinajstić information content (AvgIpc) is 2.11. The van der Waals surface area contributed by atoms with Crippen LogP contribution in [0, 0.1) is 11.8 Å². The zero-order chi connectivity index (χ0) is 9.19. The van der Waals surface area contributed by atoms with Gasteiger partial charge in [0.15, 0.2) is 0 Å². The van der Waals surface area contributed by atoms with Crippen molar-refractivity contribution in [2.24, 2.45) is 11.8 Å². The fraction of sp³-hybridized carbons (Fsp3) is 1.00. The van der Waals surface area contributed by atoms with Crippen LogP contribution in [-0.4, -0.2) is 6.18 Å². The van der Waals surface area contributed by atoms with Crippen molar-refractivity contribution in [1.29, 1.82) is 0 Å². The molecule has 0 spiro atoms. The van der Waals surface area contributed by atoms with Crippen LogP contribution in [0.25, 0.3) is 0 Å². The minimum Gasteiger partial charge on any atom is -0.171 e. The lowest BCUT2D eigenvalue weighted by Crippen LogP contribution is -2.22. The highest BCUT2D eigenvalue weighted by molar-refractivity contribution is 4.73. The van der Waals surface area contributed by atoms with Crippen LogP contribution >= 0.6 is 0 Å². The molecule has 0 saturated heterocycles. The molecule has 1 saturated carbocycles. The molecule has 0 aromatic heterocycles. The molecule has 0 amide bonds. The molecule has 1 aliphatic rings. The molecule has 2 atom stereocenters. The second-order valence-electron chi connectivity index (χ2n) is 3.85. The zero-order valence-corrected chi connectivity index (χ0v) is 7.32. The van der Waals surface area contributed by atoms with E-state index < -0.39 is 12.1 Å². The Morgan fingerprint density at radius 2 is 1.67 bits per heavy atom. The van der Waals surface area contributed by atoms with E-state index in [4.69, 9.17) is 0 Å². The van der Waals surface area contributed by atoms with E-state index in [1.165, 1.54) is 0 Å². The molecule has 1 fully saturated rings. The highest BCUT2D eigenvalue weighted by Crippen LogP contribution is 2.37. The van der Waals surface area contributed by atoms with Crippen molar-refractivity contribution in [2.75, 3.05) is 0 Å². The van der Waals surface area contributed by atoms with Crippen LogP contribution < -0.4 is 0 Å². The lowest BCUT2D eigenvalue weighted by atomic mass is 9.99. The van der Waals surface area contributed by atoms with Gasteiger partial charge in [-0.2, -0.15) is 13.2 Å². The standard InChI is InChI=1S/C9H15F3/c1-7-3-2-4-8(6-5-7)9(10,11)12/h7-8H,2-6H2,1H3. The molecule has 0 nitrogen and oxygen atoms in total. The molecule has 72 valence electrons. The Balaban J connectivity index is 2.46. The van der Waals surface area contributed by atoms with Gasteiger partial charge >= 0.3 is 6.18 Å². The molecular formula is C9H15F3. The molecule has 0 aliphatic heterocycles. The molecule has 0 aromatic rings. The van der Waals surface area contributed by atoms with Crippen molar-refractivity contribution in [1.82, 2.24) is 0 Å². The van der Waals surface area contributed by atoms with E-state index in [-0.39, 0.29) is 0 Å². The van der Waals surface area contributed by atoms with E-state index in [9.17, 15) is 13.2 Å². The number of alkyl halides is 3. The van der Waals surface area contributed by atoms with Crippen LogP contribution in [0.5, 0.6) is 0 Å². The molecule has 0 radical (unpaired) electrons. The number of halogens is 3. The van der Waals surface area contributed by atoms with Gasteiger partial charge in [0.05, 0.1) is 5.92 Å². The first-order valence-corrected chi connectivity index (χ1v) is 4.57. The summed E-state index contributed by atoms with van der Waals surface area (Å²) in [7, 11) is 0. The largest absolute Gasteiger partial charge is 0.391 e. The highest BCUT2D eigenvalue weighted by atomic mass is 19.4. The minimum atomic E-state index is -3.95. The van der Waals surface area contributed by atoms with Gasteiger partial charge in [-0.1, -0.05) is 26.2 Å². The predicted octanol–water partition coefficient (Wildman–Crippen LogP) is 3.77. The first-order chi connectivity index (χ1) is 5.50. The highest BCUT2D eigenvalue weighted by Gasteiger charge is 2.39. The Bertz CT molecular complexity index is 139. The van der Waals surface area contributed by atoms with Crippen LogP contribution in [0.4, 0.5) is 13.2 Å². The molecule has 0 aromatic carbocycles. The first-order valence-electron chi connectivity index (χ1n) is 4.57. The molecule has 12 heavy (non-hydrogen) atoms. The van der Waals surface area contributed by atoms with Gasteiger partial charge < -0.3 is 0 Å². The Hall–Kier alpha value is -0.210. The monoisotopic (exact) mass is 180 g/mol. The van der Waals surface area contributed by atoms with Crippen LogP contribution in [-0.2, 0) is 0 Å². The van der Waals surface area contributed by atoms with Crippen molar-refractivity contribution < 1.29 is 13.2 Å². The van der Waals surface area contributed by atoms with Crippen molar-refractivity contribution in [3.63, 3.8) is 0 Å². The third kappa shape index (κ3) is 2.68. The van der Waals surface area contributed by atoms with Gasteiger partial charge in [0.25, 0.3) is 0 Å². The Morgan fingerprint density at radius 1 is 1.00 bits per heavy atom. The second kappa shape index (κ2) is 3.67. The summed E-state index contributed by atoms with van der Waals surface area (Å²) in [6, 6.07) is 0. The molecule has 0 bridgehead atoms. The lowest BCUT2D eigenvalue weighted by molar-refractivity contribution is -0.177. The maximum Gasteiger partial charge on any atom is 0.391 e. The molecule has 0 N–H and O–H groups in total. The summed E-state index contributed by atoms with van der Waals surface area (Å²) in [4.78, 5) is 0. The van der Waals surface area contributed by atoms with Crippen molar-refractivity contribution >= 4 is 0 Å². The second-order valence-corrected chi connectivity index (χ2v) is 3.85. The molecule has 1 aliphatic carbocycles. The normalized spacial score (nSPS) is 33.0. The summed E-state index contributed by atoms with van der Waals surface area (Å²) >= 11 is 0. The Morgan fingerprint density at radius 3 is 2.25 bits per heavy atom. The van der Waals surface area contributed by atoms with Gasteiger partial charge in [0.1, 0.15) is 0 Å². The summed E-state index contributed by atoms with van der Waals surface area (Å²) in [5.74, 6) is -0.542. The van der Waals surface area contributed by atoms with Gasteiger partial charge in [-0.15, -0.1) is 0 Å². The van der Waals surface area contributed by atoms with Gasteiger partial charge in [-0.05, 0) is 18.8 Å². The molecule has 3 heteroatoms. The van der Waals surface area contributed by atoms with E-state index in [0.717, 1.165) is 19.3 Å². The summed E-state index contributed by atoms with van der Waals surface area (Å²) in [6.07, 6.45) is -0.829. The first kappa shape index (κ1) is 9.87.